The summed E-state index contributed by atoms with van der Waals surface area (Å²) < 4.78 is 13.1. The van der Waals surface area contributed by atoms with Crippen molar-refractivity contribution in [2.24, 2.45) is 0 Å². The summed E-state index contributed by atoms with van der Waals surface area (Å²) >= 11 is 0. The minimum Gasteiger partial charge on any atom is -0.383 e. The molecule has 1 heterocycles. The van der Waals surface area contributed by atoms with Gasteiger partial charge in [-0.05, 0) is 36.1 Å². The van der Waals surface area contributed by atoms with Crippen LogP contribution in [0.3, 0.4) is 0 Å². The molecule has 2 rings (SSSR count). The van der Waals surface area contributed by atoms with Gasteiger partial charge in [-0.15, -0.1) is 0 Å². The van der Waals surface area contributed by atoms with E-state index in [0.717, 1.165) is 10.8 Å². The first-order valence-corrected chi connectivity index (χ1v) is 3.99. The third kappa shape index (κ3) is 1.22. The zero-order valence-corrected chi connectivity index (χ0v) is 7.21. The van der Waals surface area contributed by atoms with Gasteiger partial charge in [-0.1, -0.05) is 0 Å². The monoisotopic (exact) mass is 176 g/mol. The van der Waals surface area contributed by atoms with Gasteiger partial charge in [0.2, 0.25) is 0 Å². The first-order valence-electron chi connectivity index (χ1n) is 3.99. The van der Waals surface area contributed by atoms with Crippen LogP contribution in [0.5, 0.6) is 0 Å². The van der Waals surface area contributed by atoms with Gasteiger partial charge in [0.1, 0.15) is 11.6 Å². The van der Waals surface area contributed by atoms with Crippen molar-refractivity contribution < 1.29 is 4.39 Å². The van der Waals surface area contributed by atoms with Crippen LogP contribution in [0.1, 0.15) is 5.56 Å². The van der Waals surface area contributed by atoms with Crippen molar-refractivity contribution >= 4 is 16.6 Å². The van der Waals surface area contributed by atoms with Gasteiger partial charge >= 0.3 is 0 Å². The summed E-state index contributed by atoms with van der Waals surface area (Å²) in [4.78, 5) is 3.93. The molecule has 0 amide bonds. The van der Waals surface area contributed by atoms with Crippen molar-refractivity contribution in [2.75, 3.05) is 5.73 Å². The molecule has 0 spiro atoms. The molecule has 0 atom stereocenters. The van der Waals surface area contributed by atoms with Crippen LogP contribution < -0.4 is 5.73 Å². The number of nitrogens with zero attached hydrogens (tertiary/aromatic N) is 1. The van der Waals surface area contributed by atoms with E-state index in [-0.39, 0.29) is 5.82 Å². The predicted octanol–water partition coefficient (Wildman–Crippen LogP) is 2.26. The molecular weight excluding hydrogens is 167 g/mol. The van der Waals surface area contributed by atoms with Crippen LogP contribution in [0.15, 0.2) is 24.4 Å². The second-order valence-electron chi connectivity index (χ2n) is 3.02. The number of anilines is 1. The number of pyridine rings is 1. The lowest BCUT2D eigenvalue weighted by atomic mass is 10.1. The fourth-order valence-corrected chi connectivity index (χ4v) is 1.32. The van der Waals surface area contributed by atoms with E-state index in [2.05, 4.69) is 4.98 Å². The molecule has 0 fully saturated rings. The van der Waals surface area contributed by atoms with E-state index in [0.29, 0.717) is 11.4 Å². The molecule has 0 unspecified atom stereocenters. The van der Waals surface area contributed by atoms with Gasteiger partial charge in [0.25, 0.3) is 0 Å². The number of aromatic nitrogens is 1. The standard InChI is InChI=1S/C10H9FN2/c1-6-4-8-7(5-9(6)11)2-3-13-10(8)12/h2-5H,1H3,(H2,12,13). The molecule has 3 heteroatoms. The molecule has 2 N–H and O–H groups in total. The van der Waals surface area contributed by atoms with Crippen molar-refractivity contribution in [2.45, 2.75) is 6.92 Å². The van der Waals surface area contributed by atoms with Crippen LogP contribution in [-0.2, 0) is 0 Å². The largest absolute Gasteiger partial charge is 0.383 e. The van der Waals surface area contributed by atoms with Crippen LogP contribution in [0.2, 0.25) is 0 Å². The van der Waals surface area contributed by atoms with E-state index in [1.54, 1.807) is 25.3 Å². The SMILES string of the molecule is Cc1cc2c(N)nccc2cc1F. The van der Waals surface area contributed by atoms with Gasteiger partial charge in [0.05, 0.1) is 0 Å². The molecule has 1 aromatic carbocycles. The number of aryl methyl sites for hydroxylation is 1. The molecule has 2 nitrogen and oxygen atoms in total. The second-order valence-corrected chi connectivity index (χ2v) is 3.02. The average molecular weight is 176 g/mol. The first-order chi connectivity index (χ1) is 6.18. The zero-order valence-electron chi connectivity index (χ0n) is 7.21. The van der Waals surface area contributed by atoms with Crippen molar-refractivity contribution in [1.82, 2.24) is 4.98 Å². The molecule has 1 aromatic heterocycles. The molecule has 0 saturated carbocycles. The normalized spacial score (nSPS) is 10.6. The number of benzene rings is 1. The fourth-order valence-electron chi connectivity index (χ4n) is 1.32. The molecule has 0 aliphatic rings. The lowest BCUT2D eigenvalue weighted by Crippen LogP contribution is -1.92. The summed E-state index contributed by atoms with van der Waals surface area (Å²) in [7, 11) is 0. The highest BCUT2D eigenvalue weighted by Gasteiger charge is 2.02. The Morgan fingerprint density at radius 3 is 2.92 bits per heavy atom. The highest BCUT2D eigenvalue weighted by molar-refractivity contribution is 5.91. The maximum Gasteiger partial charge on any atom is 0.131 e. The molecule has 0 aliphatic carbocycles. The Hall–Kier alpha value is -1.64. The Morgan fingerprint density at radius 1 is 1.38 bits per heavy atom. The minimum atomic E-state index is -0.210. The van der Waals surface area contributed by atoms with Crippen LogP contribution in [-0.4, -0.2) is 4.98 Å². The van der Waals surface area contributed by atoms with Crippen LogP contribution in [0, 0.1) is 12.7 Å². The van der Waals surface area contributed by atoms with Gasteiger partial charge in [0, 0.05) is 11.6 Å². The highest BCUT2D eigenvalue weighted by atomic mass is 19.1. The Balaban J connectivity index is 2.89. The van der Waals surface area contributed by atoms with Crippen LogP contribution >= 0.6 is 0 Å². The minimum absolute atomic E-state index is 0.210. The van der Waals surface area contributed by atoms with Gasteiger partial charge in [-0.2, -0.15) is 0 Å². The van der Waals surface area contributed by atoms with Crippen molar-refractivity contribution in [3.8, 4) is 0 Å². The third-order valence-electron chi connectivity index (χ3n) is 2.07. The number of nitrogens with two attached hydrogens (primary N) is 1. The van der Waals surface area contributed by atoms with E-state index < -0.39 is 0 Å². The average Bonchev–Trinajstić information content (AvgIpc) is 2.09. The number of hydrogen-bond donors (Lipinski definition) is 1. The molecule has 0 aliphatic heterocycles. The predicted molar refractivity (Wildman–Crippen MR) is 50.9 cm³/mol. The van der Waals surface area contributed by atoms with E-state index >= 15 is 0 Å². The van der Waals surface area contributed by atoms with Gasteiger partial charge in [-0.25, -0.2) is 9.37 Å². The van der Waals surface area contributed by atoms with Crippen LogP contribution in [0.4, 0.5) is 10.2 Å². The first kappa shape index (κ1) is 7.98. The van der Waals surface area contributed by atoms with E-state index in [9.17, 15) is 4.39 Å². The Bertz CT molecular complexity index is 466. The number of fused-ring (bicyclic) bond motifs is 1. The molecule has 66 valence electrons. The maximum absolute atomic E-state index is 13.1. The maximum atomic E-state index is 13.1. The van der Waals surface area contributed by atoms with Crippen molar-refractivity contribution in [3.63, 3.8) is 0 Å². The topological polar surface area (TPSA) is 38.9 Å². The molecule has 2 aromatic rings. The molecule has 0 saturated heterocycles. The molecule has 0 radical (unpaired) electrons. The summed E-state index contributed by atoms with van der Waals surface area (Å²) in [5.74, 6) is 0.235. The number of nitrogen functional groups attached to an aromatic ring is 1. The van der Waals surface area contributed by atoms with E-state index in [4.69, 9.17) is 5.73 Å². The number of rotatable bonds is 0. The molecular formula is C10H9FN2. The summed E-state index contributed by atoms with van der Waals surface area (Å²) in [6.45, 7) is 1.71. The van der Waals surface area contributed by atoms with Gasteiger partial charge in [0.15, 0.2) is 0 Å². The Labute approximate surface area is 75.2 Å². The van der Waals surface area contributed by atoms with E-state index in [1.807, 2.05) is 0 Å². The lowest BCUT2D eigenvalue weighted by Gasteiger charge is -2.02. The zero-order chi connectivity index (χ0) is 9.42. The van der Waals surface area contributed by atoms with Crippen LogP contribution in [0.25, 0.3) is 10.8 Å². The van der Waals surface area contributed by atoms with Crippen molar-refractivity contribution in [3.05, 3.63) is 35.8 Å². The molecule has 13 heavy (non-hydrogen) atoms. The lowest BCUT2D eigenvalue weighted by molar-refractivity contribution is 0.620. The quantitative estimate of drug-likeness (QED) is 0.668. The summed E-state index contributed by atoms with van der Waals surface area (Å²) in [5.41, 5.74) is 6.23. The third-order valence-corrected chi connectivity index (χ3v) is 2.07. The second kappa shape index (κ2) is 2.69. The van der Waals surface area contributed by atoms with Gasteiger partial charge in [-0.3, -0.25) is 0 Å². The number of hydrogen-bond acceptors (Lipinski definition) is 2. The molecule has 0 bridgehead atoms. The van der Waals surface area contributed by atoms with Crippen molar-refractivity contribution in [1.29, 1.82) is 0 Å². The smallest absolute Gasteiger partial charge is 0.131 e. The number of halogens is 1. The van der Waals surface area contributed by atoms with E-state index in [1.165, 1.54) is 6.07 Å². The highest BCUT2D eigenvalue weighted by Crippen LogP contribution is 2.21. The summed E-state index contributed by atoms with van der Waals surface area (Å²) in [6, 6.07) is 4.93. The van der Waals surface area contributed by atoms with Gasteiger partial charge < -0.3 is 5.73 Å². The summed E-state index contributed by atoms with van der Waals surface area (Å²) in [5, 5.41) is 1.59. The fraction of sp³-hybridized carbons (Fsp3) is 0.100. The Morgan fingerprint density at radius 2 is 2.15 bits per heavy atom. The Kier molecular flexibility index (Phi) is 1.65. The summed E-state index contributed by atoms with van der Waals surface area (Å²) in [6.07, 6.45) is 1.58.